The van der Waals surface area contributed by atoms with Crippen LogP contribution in [0.1, 0.15) is 25.8 Å². The fraction of sp³-hybridized carbons (Fsp3) is 0.385. The van der Waals surface area contributed by atoms with E-state index in [4.69, 9.17) is 4.84 Å². The van der Waals surface area contributed by atoms with Crippen molar-refractivity contribution in [3.8, 4) is 0 Å². The van der Waals surface area contributed by atoms with Gasteiger partial charge >= 0.3 is 5.97 Å². The molecular formula is C13H16N2O2. The summed E-state index contributed by atoms with van der Waals surface area (Å²) in [5.41, 5.74) is 3.52. The molecule has 1 N–H and O–H groups in total. The molecule has 4 heteroatoms. The van der Waals surface area contributed by atoms with Gasteiger partial charge in [-0.25, -0.2) is 15.3 Å². The predicted octanol–water partition coefficient (Wildman–Crippen LogP) is 1.91. The maximum absolute atomic E-state index is 11.6. The summed E-state index contributed by atoms with van der Waals surface area (Å²) in [7, 11) is 0. The molecule has 0 saturated heterocycles. The molecule has 0 bridgehead atoms. The van der Waals surface area contributed by atoms with Gasteiger partial charge in [-0.1, -0.05) is 50.6 Å². The largest absolute Gasteiger partial charge is 0.356 e. The number of nitrogens with zero attached hydrogens (tertiary/aromatic N) is 1. The first-order valence-electron chi connectivity index (χ1n) is 5.82. The molecule has 1 heterocycles. The summed E-state index contributed by atoms with van der Waals surface area (Å²) < 4.78 is 0. The lowest BCUT2D eigenvalue weighted by Crippen LogP contribution is -2.42. The van der Waals surface area contributed by atoms with Crippen LogP contribution in [0.4, 0.5) is 0 Å². The van der Waals surface area contributed by atoms with E-state index in [2.05, 4.69) is 10.5 Å². The SMILES string of the molecule is CCC(C)C1N=C(c2ccccc2)NOC1=O. The molecule has 17 heavy (non-hydrogen) atoms. The maximum Gasteiger partial charge on any atom is 0.356 e. The van der Waals surface area contributed by atoms with Gasteiger partial charge < -0.3 is 4.84 Å². The van der Waals surface area contributed by atoms with Crippen molar-refractivity contribution in [3.63, 3.8) is 0 Å². The van der Waals surface area contributed by atoms with Gasteiger partial charge in [-0.15, -0.1) is 0 Å². The van der Waals surface area contributed by atoms with Crippen LogP contribution in [0.5, 0.6) is 0 Å². The molecule has 2 unspecified atom stereocenters. The fourth-order valence-corrected chi connectivity index (χ4v) is 1.69. The summed E-state index contributed by atoms with van der Waals surface area (Å²) in [6.07, 6.45) is 0.894. The Hall–Kier alpha value is -1.84. The summed E-state index contributed by atoms with van der Waals surface area (Å²) >= 11 is 0. The highest BCUT2D eigenvalue weighted by molar-refractivity contribution is 6.01. The van der Waals surface area contributed by atoms with Crippen LogP contribution in [0.3, 0.4) is 0 Å². The van der Waals surface area contributed by atoms with Crippen molar-refractivity contribution in [1.82, 2.24) is 5.48 Å². The zero-order chi connectivity index (χ0) is 12.3. The highest BCUT2D eigenvalue weighted by Gasteiger charge is 2.30. The summed E-state index contributed by atoms with van der Waals surface area (Å²) in [6.45, 7) is 4.04. The van der Waals surface area contributed by atoms with Crippen molar-refractivity contribution >= 4 is 11.8 Å². The summed E-state index contributed by atoms with van der Waals surface area (Å²) in [4.78, 5) is 21.0. The Morgan fingerprint density at radius 3 is 2.76 bits per heavy atom. The Kier molecular flexibility index (Phi) is 3.42. The number of nitrogens with one attached hydrogen (secondary N) is 1. The smallest absolute Gasteiger partial charge is 0.339 e. The van der Waals surface area contributed by atoms with Crippen LogP contribution < -0.4 is 5.48 Å². The van der Waals surface area contributed by atoms with Crippen LogP contribution in [-0.2, 0) is 9.63 Å². The molecule has 1 aliphatic heterocycles. The van der Waals surface area contributed by atoms with Gasteiger partial charge in [0.25, 0.3) is 0 Å². The Bertz CT molecular complexity index is 428. The lowest BCUT2D eigenvalue weighted by Gasteiger charge is -2.24. The molecule has 0 spiro atoms. The van der Waals surface area contributed by atoms with E-state index in [1.165, 1.54) is 0 Å². The molecule has 0 saturated carbocycles. The third-order valence-corrected chi connectivity index (χ3v) is 2.99. The van der Waals surface area contributed by atoms with Gasteiger partial charge in [0.1, 0.15) is 0 Å². The van der Waals surface area contributed by atoms with E-state index in [-0.39, 0.29) is 11.9 Å². The topological polar surface area (TPSA) is 50.7 Å². The van der Waals surface area contributed by atoms with E-state index < -0.39 is 6.04 Å². The van der Waals surface area contributed by atoms with Gasteiger partial charge in [0, 0.05) is 5.56 Å². The number of hydrogen-bond acceptors (Lipinski definition) is 4. The second-order valence-electron chi connectivity index (χ2n) is 4.20. The molecule has 0 aliphatic carbocycles. The molecule has 0 amide bonds. The summed E-state index contributed by atoms with van der Waals surface area (Å²) in [5, 5.41) is 0. The zero-order valence-corrected chi connectivity index (χ0v) is 10.0. The van der Waals surface area contributed by atoms with Crippen molar-refractivity contribution in [2.75, 3.05) is 0 Å². The third-order valence-electron chi connectivity index (χ3n) is 2.99. The highest BCUT2D eigenvalue weighted by atomic mass is 16.7. The number of rotatable bonds is 3. The fourth-order valence-electron chi connectivity index (χ4n) is 1.69. The van der Waals surface area contributed by atoms with Gasteiger partial charge in [0.15, 0.2) is 11.9 Å². The zero-order valence-electron chi connectivity index (χ0n) is 10.0. The average molecular weight is 232 g/mol. The molecule has 2 atom stereocenters. The normalized spacial score (nSPS) is 21.2. The second kappa shape index (κ2) is 4.99. The molecule has 0 radical (unpaired) electrons. The highest BCUT2D eigenvalue weighted by Crippen LogP contribution is 2.16. The van der Waals surface area contributed by atoms with E-state index in [0.29, 0.717) is 5.84 Å². The van der Waals surface area contributed by atoms with Gasteiger partial charge in [-0.2, -0.15) is 0 Å². The van der Waals surface area contributed by atoms with Crippen LogP contribution in [0, 0.1) is 5.92 Å². The lowest BCUT2D eigenvalue weighted by atomic mass is 9.99. The maximum atomic E-state index is 11.6. The van der Waals surface area contributed by atoms with E-state index in [9.17, 15) is 4.79 Å². The first-order chi connectivity index (χ1) is 8.22. The monoisotopic (exact) mass is 232 g/mol. The van der Waals surface area contributed by atoms with Crippen molar-refractivity contribution in [2.45, 2.75) is 26.3 Å². The Labute approximate surface area is 101 Å². The van der Waals surface area contributed by atoms with Crippen molar-refractivity contribution in [3.05, 3.63) is 35.9 Å². The van der Waals surface area contributed by atoms with Crippen LogP contribution in [-0.4, -0.2) is 17.8 Å². The number of hydroxylamine groups is 1. The number of carbonyl (C=O) groups excluding carboxylic acids is 1. The lowest BCUT2D eigenvalue weighted by molar-refractivity contribution is -0.152. The van der Waals surface area contributed by atoms with Crippen LogP contribution in [0.25, 0.3) is 0 Å². The van der Waals surface area contributed by atoms with Crippen molar-refractivity contribution < 1.29 is 9.63 Å². The number of aliphatic imine (C=N–C) groups is 1. The molecule has 1 aromatic carbocycles. The molecule has 0 fully saturated rings. The quantitative estimate of drug-likeness (QED) is 0.866. The Balaban J connectivity index is 2.27. The number of benzene rings is 1. The molecule has 1 aromatic rings. The van der Waals surface area contributed by atoms with Gasteiger partial charge in [0.2, 0.25) is 0 Å². The number of hydrogen-bond donors (Lipinski definition) is 1. The molecule has 0 aromatic heterocycles. The van der Waals surface area contributed by atoms with Crippen LogP contribution >= 0.6 is 0 Å². The van der Waals surface area contributed by atoms with E-state index in [1.807, 2.05) is 44.2 Å². The summed E-state index contributed by atoms with van der Waals surface area (Å²) in [5.74, 6) is 0.498. The second-order valence-corrected chi connectivity index (χ2v) is 4.20. The van der Waals surface area contributed by atoms with Gasteiger partial charge in [-0.3, -0.25) is 0 Å². The van der Waals surface area contributed by atoms with E-state index in [0.717, 1.165) is 12.0 Å². The number of carbonyl (C=O) groups is 1. The molecule has 90 valence electrons. The van der Waals surface area contributed by atoms with Crippen LogP contribution in [0.15, 0.2) is 35.3 Å². The Morgan fingerprint density at radius 2 is 2.12 bits per heavy atom. The van der Waals surface area contributed by atoms with Gasteiger partial charge in [0.05, 0.1) is 0 Å². The minimum Gasteiger partial charge on any atom is -0.339 e. The van der Waals surface area contributed by atoms with Gasteiger partial charge in [-0.05, 0) is 5.92 Å². The molecule has 2 rings (SSSR count). The van der Waals surface area contributed by atoms with Crippen molar-refractivity contribution in [1.29, 1.82) is 0 Å². The minimum absolute atomic E-state index is 0.184. The minimum atomic E-state index is -0.406. The average Bonchev–Trinajstić information content (AvgIpc) is 2.39. The Morgan fingerprint density at radius 1 is 1.41 bits per heavy atom. The molecular weight excluding hydrogens is 216 g/mol. The summed E-state index contributed by atoms with van der Waals surface area (Å²) in [6, 6.07) is 9.24. The first-order valence-corrected chi connectivity index (χ1v) is 5.82. The first kappa shape index (κ1) is 11.6. The molecule has 1 aliphatic rings. The van der Waals surface area contributed by atoms with Crippen molar-refractivity contribution in [2.24, 2.45) is 10.9 Å². The molecule has 4 nitrogen and oxygen atoms in total. The predicted molar refractivity (Wildman–Crippen MR) is 65.4 cm³/mol. The third kappa shape index (κ3) is 2.46. The number of amidine groups is 1. The van der Waals surface area contributed by atoms with E-state index >= 15 is 0 Å². The van der Waals surface area contributed by atoms with Crippen LogP contribution in [0.2, 0.25) is 0 Å². The standard InChI is InChI=1S/C13H16N2O2/c1-3-9(2)11-13(16)17-15-12(14-11)10-7-5-4-6-8-10/h4-9,11H,3H2,1-2H3,(H,14,15). The van der Waals surface area contributed by atoms with E-state index in [1.54, 1.807) is 0 Å².